The molecule has 0 fully saturated rings. The molecule has 0 radical (unpaired) electrons. The Hall–Kier alpha value is -1.47. The second-order valence-corrected chi connectivity index (χ2v) is 3.86. The topological polar surface area (TPSA) is 44.1 Å². The predicted octanol–water partition coefficient (Wildman–Crippen LogP) is 2.35. The third kappa shape index (κ3) is 3.28. The van der Waals surface area contributed by atoms with Gasteiger partial charge in [-0.3, -0.25) is 4.79 Å². The Morgan fingerprint density at radius 1 is 1.56 bits per heavy atom. The first-order valence-corrected chi connectivity index (χ1v) is 5.59. The zero-order valence-electron chi connectivity index (χ0n) is 9.18. The van der Waals surface area contributed by atoms with Gasteiger partial charge in [0, 0.05) is 23.5 Å². The molecule has 0 aromatic heterocycles. The fraction of sp³-hybridized carbons (Fsp3) is 0.333. The molecule has 0 aliphatic carbocycles. The van der Waals surface area contributed by atoms with Crippen molar-refractivity contribution in [3.8, 4) is 6.07 Å². The van der Waals surface area contributed by atoms with Gasteiger partial charge in [-0.15, -0.1) is 12.6 Å². The Kier molecular flexibility index (Phi) is 4.87. The third-order valence-electron chi connectivity index (χ3n) is 2.26. The Balaban J connectivity index is 2.79. The molecule has 1 aromatic carbocycles. The van der Waals surface area contributed by atoms with E-state index in [-0.39, 0.29) is 5.91 Å². The largest absolute Gasteiger partial charge is 0.338 e. The SMILES string of the molecule is CCN(CCC#N)C(=O)c1cccc(S)c1. The molecule has 0 unspecified atom stereocenters. The van der Waals surface area contributed by atoms with Gasteiger partial charge < -0.3 is 4.90 Å². The highest BCUT2D eigenvalue weighted by molar-refractivity contribution is 7.80. The van der Waals surface area contributed by atoms with Gasteiger partial charge in [0.1, 0.15) is 0 Å². The van der Waals surface area contributed by atoms with E-state index in [2.05, 4.69) is 12.6 Å². The summed E-state index contributed by atoms with van der Waals surface area (Å²) < 4.78 is 0. The quantitative estimate of drug-likeness (QED) is 0.813. The highest BCUT2D eigenvalue weighted by Gasteiger charge is 2.13. The van der Waals surface area contributed by atoms with Crippen LogP contribution in [0.5, 0.6) is 0 Å². The molecule has 4 heteroatoms. The van der Waals surface area contributed by atoms with E-state index >= 15 is 0 Å². The van der Waals surface area contributed by atoms with Gasteiger partial charge in [0.15, 0.2) is 0 Å². The van der Waals surface area contributed by atoms with E-state index in [0.717, 1.165) is 4.90 Å². The molecular weight excluding hydrogens is 220 g/mol. The normalized spacial score (nSPS) is 9.56. The summed E-state index contributed by atoms with van der Waals surface area (Å²) in [5.41, 5.74) is 0.618. The molecule has 0 heterocycles. The molecule has 3 nitrogen and oxygen atoms in total. The van der Waals surface area contributed by atoms with Crippen LogP contribution in [-0.2, 0) is 0 Å². The smallest absolute Gasteiger partial charge is 0.253 e. The molecule has 1 rings (SSSR count). The highest BCUT2D eigenvalue weighted by Crippen LogP contribution is 2.11. The summed E-state index contributed by atoms with van der Waals surface area (Å²) >= 11 is 4.19. The van der Waals surface area contributed by atoms with Crippen LogP contribution in [0, 0.1) is 11.3 Å². The van der Waals surface area contributed by atoms with Crippen LogP contribution >= 0.6 is 12.6 Å². The van der Waals surface area contributed by atoms with E-state index in [1.807, 2.05) is 19.1 Å². The molecule has 84 valence electrons. The zero-order valence-corrected chi connectivity index (χ0v) is 10.1. The number of hydrogen-bond donors (Lipinski definition) is 1. The standard InChI is InChI=1S/C12H14N2OS/c1-2-14(8-4-7-13)12(15)10-5-3-6-11(16)9-10/h3,5-6,9,16H,2,4,8H2,1H3. The molecular formula is C12H14N2OS. The molecule has 0 atom stereocenters. The van der Waals surface area contributed by atoms with Crippen LogP contribution in [0.25, 0.3) is 0 Å². The number of benzene rings is 1. The Morgan fingerprint density at radius 2 is 2.31 bits per heavy atom. The summed E-state index contributed by atoms with van der Waals surface area (Å²) in [6.07, 6.45) is 0.361. The van der Waals surface area contributed by atoms with Gasteiger partial charge in [-0.05, 0) is 25.1 Å². The summed E-state index contributed by atoms with van der Waals surface area (Å²) in [7, 11) is 0. The average Bonchev–Trinajstić information content (AvgIpc) is 2.29. The van der Waals surface area contributed by atoms with Crippen molar-refractivity contribution in [2.24, 2.45) is 0 Å². The van der Waals surface area contributed by atoms with Crippen LogP contribution in [-0.4, -0.2) is 23.9 Å². The molecule has 0 aliphatic rings. The lowest BCUT2D eigenvalue weighted by atomic mass is 10.2. The number of nitrogens with zero attached hydrogens (tertiary/aromatic N) is 2. The van der Waals surface area contributed by atoms with Crippen molar-refractivity contribution in [3.05, 3.63) is 29.8 Å². The van der Waals surface area contributed by atoms with E-state index in [9.17, 15) is 4.79 Å². The maximum absolute atomic E-state index is 12.0. The molecule has 0 N–H and O–H groups in total. The molecule has 16 heavy (non-hydrogen) atoms. The van der Waals surface area contributed by atoms with Gasteiger partial charge in [0.25, 0.3) is 5.91 Å². The summed E-state index contributed by atoms with van der Waals surface area (Å²) in [5.74, 6) is -0.0475. The van der Waals surface area contributed by atoms with Gasteiger partial charge in [0.2, 0.25) is 0 Å². The van der Waals surface area contributed by atoms with E-state index in [1.54, 1.807) is 23.1 Å². The fourth-order valence-corrected chi connectivity index (χ4v) is 1.63. The maximum atomic E-state index is 12.0. The monoisotopic (exact) mass is 234 g/mol. The van der Waals surface area contributed by atoms with Gasteiger partial charge in [-0.25, -0.2) is 0 Å². The van der Waals surface area contributed by atoms with E-state index in [1.165, 1.54) is 0 Å². The van der Waals surface area contributed by atoms with Crippen molar-refractivity contribution in [1.82, 2.24) is 4.90 Å². The molecule has 1 aromatic rings. The lowest BCUT2D eigenvalue weighted by molar-refractivity contribution is 0.0767. The van der Waals surface area contributed by atoms with Gasteiger partial charge in [-0.1, -0.05) is 6.07 Å². The fourth-order valence-electron chi connectivity index (χ4n) is 1.41. The number of nitriles is 1. The summed E-state index contributed by atoms with van der Waals surface area (Å²) in [4.78, 5) is 14.4. The van der Waals surface area contributed by atoms with Crippen LogP contribution < -0.4 is 0 Å². The van der Waals surface area contributed by atoms with Crippen molar-refractivity contribution < 1.29 is 4.79 Å². The molecule has 0 bridgehead atoms. The first-order chi connectivity index (χ1) is 7.69. The van der Waals surface area contributed by atoms with Gasteiger partial charge in [0.05, 0.1) is 12.5 Å². The second kappa shape index (κ2) is 6.19. The number of hydrogen-bond acceptors (Lipinski definition) is 3. The minimum atomic E-state index is -0.0475. The minimum Gasteiger partial charge on any atom is -0.338 e. The van der Waals surface area contributed by atoms with Gasteiger partial charge >= 0.3 is 0 Å². The average molecular weight is 234 g/mol. The summed E-state index contributed by atoms with van der Waals surface area (Å²) in [6, 6.07) is 9.16. The Labute approximate surface area is 101 Å². The first-order valence-electron chi connectivity index (χ1n) is 5.14. The Morgan fingerprint density at radius 3 is 2.88 bits per heavy atom. The molecule has 1 amide bonds. The summed E-state index contributed by atoms with van der Waals surface area (Å²) in [5, 5.41) is 8.51. The second-order valence-electron chi connectivity index (χ2n) is 3.34. The lowest BCUT2D eigenvalue weighted by Crippen LogP contribution is -2.31. The molecule has 0 aliphatic heterocycles. The van der Waals surface area contributed by atoms with Crippen LogP contribution in [0.4, 0.5) is 0 Å². The predicted molar refractivity (Wildman–Crippen MR) is 65.5 cm³/mol. The van der Waals surface area contributed by atoms with Crippen LogP contribution in [0.15, 0.2) is 29.2 Å². The number of amides is 1. The first kappa shape index (κ1) is 12.6. The van der Waals surface area contributed by atoms with Crippen molar-refractivity contribution in [2.75, 3.05) is 13.1 Å². The number of rotatable bonds is 4. The number of carbonyl (C=O) groups is 1. The molecule has 0 saturated heterocycles. The van der Waals surface area contributed by atoms with Crippen molar-refractivity contribution in [3.63, 3.8) is 0 Å². The Bertz CT molecular complexity index is 412. The zero-order chi connectivity index (χ0) is 12.0. The number of carbonyl (C=O) groups excluding carboxylic acids is 1. The van der Waals surface area contributed by atoms with Gasteiger partial charge in [-0.2, -0.15) is 5.26 Å². The van der Waals surface area contributed by atoms with Crippen LogP contribution in [0.1, 0.15) is 23.7 Å². The van der Waals surface area contributed by atoms with Crippen LogP contribution in [0.3, 0.4) is 0 Å². The third-order valence-corrected chi connectivity index (χ3v) is 2.53. The lowest BCUT2D eigenvalue weighted by Gasteiger charge is -2.19. The molecule has 0 saturated carbocycles. The van der Waals surface area contributed by atoms with Crippen molar-refractivity contribution in [2.45, 2.75) is 18.2 Å². The van der Waals surface area contributed by atoms with Crippen molar-refractivity contribution >= 4 is 18.5 Å². The maximum Gasteiger partial charge on any atom is 0.253 e. The highest BCUT2D eigenvalue weighted by atomic mass is 32.1. The van der Waals surface area contributed by atoms with E-state index in [4.69, 9.17) is 5.26 Å². The van der Waals surface area contributed by atoms with Crippen LogP contribution in [0.2, 0.25) is 0 Å². The van der Waals surface area contributed by atoms with Crippen molar-refractivity contribution in [1.29, 1.82) is 5.26 Å². The minimum absolute atomic E-state index is 0.0475. The van der Waals surface area contributed by atoms with E-state index < -0.39 is 0 Å². The number of thiol groups is 1. The molecule has 0 spiro atoms. The summed E-state index contributed by atoms with van der Waals surface area (Å²) in [6.45, 7) is 2.99. The van der Waals surface area contributed by atoms with E-state index in [0.29, 0.717) is 25.1 Å².